The molecule has 17 heavy (non-hydrogen) atoms. The normalized spacial score (nSPS) is 9.76. The van der Waals surface area contributed by atoms with Gasteiger partial charge in [-0.3, -0.25) is 4.79 Å². The molecule has 1 rings (SSSR count). The predicted octanol–water partition coefficient (Wildman–Crippen LogP) is 3.54. The number of nitrogens with zero attached hydrogens (tertiary/aromatic N) is 1. The van der Waals surface area contributed by atoms with Gasteiger partial charge in [0.05, 0.1) is 12.1 Å². The molecular weight excluding hydrogens is 393 g/mol. The molecule has 1 aromatic carbocycles. The van der Waals surface area contributed by atoms with Crippen molar-refractivity contribution in [2.24, 2.45) is 0 Å². The lowest BCUT2D eigenvalue weighted by atomic mass is 10.2. The van der Waals surface area contributed by atoms with Crippen molar-refractivity contribution < 1.29 is 4.79 Å². The molecule has 4 heteroatoms. The van der Waals surface area contributed by atoms with Crippen molar-refractivity contribution in [2.75, 3.05) is 13.1 Å². The van der Waals surface area contributed by atoms with Gasteiger partial charge in [0.1, 0.15) is 0 Å². The average Bonchev–Trinajstić information content (AvgIpc) is 2.31. The van der Waals surface area contributed by atoms with Gasteiger partial charge in [0.2, 0.25) is 0 Å². The Morgan fingerprint density at radius 1 is 1.59 bits per heavy atom. The van der Waals surface area contributed by atoms with E-state index < -0.39 is 0 Å². The van der Waals surface area contributed by atoms with E-state index in [4.69, 9.17) is 6.42 Å². The van der Waals surface area contributed by atoms with Gasteiger partial charge in [-0.05, 0) is 63.1 Å². The third-order valence-corrected chi connectivity index (χ3v) is 3.58. The van der Waals surface area contributed by atoms with Crippen LogP contribution in [0.5, 0.6) is 0 Å². The van der Waals surface area contributed by atoms with Crippen molar-refractivity contribution in [3.63, 3.8) is 0 Å². The van der Waals surface area contributed by atoms with E-state index in [1.807, 2.05) is 25.1 Å². The van der Waals surface area contributed by atoms with E-state index in [1.165, 1.54) is 0 Å². The van der Waals surface area contributed by atoms with E-state index in [1.54, 1.807) is 4.90 Å². The van der Waals surface area contributed by atoms with Crippen LogP contribution < -0.4 is 0 Å². The average molecular weight is 406 g/mol. The molecule has 0 radical (unpaired) electrons. The summed E-state index contributed by atoms with van der Waals surface area (Å²) < 4.78 is 1.84. The van der Waals surface area contributed by atoms with Crippen molar-refractivity contribution in [3.05, 3.63) is 31.8 Å². The highest BCUT2D eigenvalue weighted by Gasteiger charge is 2.16. The molecule has 0 N–H and O–H groups in total. The summed E-state index contributed by atoms with van der Waals surface area (Å²) in [4.78, 5) is 14.0. The van der Waals surface area contributed by atoms with Gasteiger partial charge >= 0.3 is 0 Å². The van der Waals surface area contributed by atoms with Crippen molar-refractivity contribution in [3.8, 4) is 12.3 Å². The van der Waals surface area contributed by atoms with Gasteiger partial charge in [0.15, 0.2) is 0 Å². The lowest BCUT2D eigenvalue weighted by molar-refractivity contribution is 0.0776. The number of rotatable bonds is 4. The minimum Gasteiger partial charge on any atom is -0.327 e. The summed E-state index contributed by atoms with van der Waals surface area (Å²) in [5.74, 6) is 2.51. The van der Waals surface area contributed by atoms with Gasteiger partial charge < -0.3 is 4.90 Å². The van der Waals surface area contributed by atoms with E-state index in [0.717, 1.165) is 14.5 Å². The first-order valence-electron chi connectivity index (χ1n) is 5.28. The minimum atomic E-state index is -0.0183. The Morgan fingerprint density at radius 3 is 2.88 bits per heavy atom. The number of hydrogen-bond acceptors (Lipinski definition) is 1. The largest absolute Gasteiger partial charge is 0.327 e. The molecule has 1 aromatic rings. The van der Waals surface area contributed by atoms with Crippen molar-refractivity contribution in [1.29, 1.82) is 0 Å². The van der Waals surface area contributed by atoms with E-state index in [0.29, 0.717) is 18.7 Å². The Kier molecular flexibility index (Phi) is 6.00. The van der Waals surface area contributed by atoms with E-state index in [2.05, 4.69) is 44.4 Å². The van der Waals surface area contributed by atoms with Gasteiger partial charge in [0, 0.05) is 14.6 Å². The molecule has 0 saturated heterocycles. The molecule has 0 atom stereocenters. The molecule has 0 saturated carbocycles. The fourth-order valence-corrected chi connectivity index (χ4v) is 2.37. The summed E-state index contributed by atoms with van der Waals surface area (Å²) in [5, 5.41) is 0. The van der Waals surface area contributed by atoms with Crippen molar-refractivity contribution >= 4 is 44.4 Å². The van der Waals surface area contributed by atoms with Crippen LogP contribution in [0.2, 0.25) is 0 Å². The SMILES string of the molecule is C#CCN(CCC)C(=O)c1cc(I)ccc1Br. The summed E-state index contributed by atoms with van der Waals surface area (Å²) >= 11 is 5.59. The predicted molar refractivity (Wildman–Crippen MR) is 81.9 cm³/mol. The molecule has 0 fully saturated rings. The summed E-state index contributed by atoms with van der Waals surface area (Å²) in [6, 6.07) is 5.70. The van der Waals surface area contributed by atoms with Crippen LogP contribution in [0.25, 0.3) is 0 Å². The third kappa shape index (κ3) is 4.00. The molecule has 0 spiro atoms. The molecule has 1 amide bonds. The second kappa shape index (κ2) is 7.02. The van der Waals surface area contributed by atoms with Crippen molar-refractivity contribution in [2.45, 2.75) is 13.3 Å². The monoisotopic (exact) mass is 405 g/mol. The molecule has 0 aliphatic rings. The Labute approximate surface area is 124 Å². The smallest absolute Gasteiger partial charge is 0.255 e. The number of carbonyl (C=O) groups excluding carboxylic acids is 1. The number of hydrogen-bond donors (Lipinski definition) is 0. The van der Waals surface area contributed by atoms with E-state index in [-0.39, 0.29) is 5.91 Å². The number of terminal acetylenes is 1. The van der Waals surface area contributed by atoms with Crippen LogP contribution in [0.3, 0.4) is 0 Å². The summed E-state index contributed by atoms with van der Waals surface area (Å²) in [6.07, 6.45) is 6.18. The highest BCUT2D eigenvalue weighted by Crippen LogP contribution is 2.21. The molecule has 0 aliphatic carbocycles. The number of halogens is 2. The first-order chi connectivity index (χ1) is 8.10. The number of carbonyl (C=O) groups is 1. The maximum atomic E-state index is 12.3. The zero-order valence-corrected chi connectivity index (χ0v) is 13.3. The second-order valence-electron chi connectivity index (χ2n) is 3.56. The maximum Gasteiger partial charge on any atom is 0.255 e. The molecular formula is C13H13BrINO. The Morgan fingerprint density at radius 2 is 2.29 bits per heavy atom. The van der Waals surface area contributed by atoms with Crippen molar-refractivity contribution in [1.82, 2.24) is 4.90 Å². The van der Waals surface area contributed by atoms with E-state index >= 15 is 0 Å². The zero-order valence-electron chi connectivity index (χ0n) is 9.54. The zero-order chi connectivity index (χ0) is 12.8. The van der Waals surface area contributed by atoms with Crippen LogP contribution >= 0.6 is 38.5 Å². The van der Waals surface area contributed by atoms with Gasteiger partial charge in [0.25, 0.3) is 5.91 Å². The van der Waals surface area contributed by atoms with Gasteiger partial charge in [-0.2, -0.15) is 0 Å². The molecule has 90 valence electrons. The second-order valence-corrected chi connectivity index (χ2v) is 5.65. The Balaban J connectivity index is 3.00. The maximum absolute atomic E-state index is 12.3. The lowest BCUT2D eigenvalue weighted by Gasteiger charge is -2.20. The van der Waals surface area contributed by atoms with Crippen LogP contribution in [0.1, 0.15) is 23.7 Å². The number of amides is 1. The molecule has 0 bridgehead atoms. The van der Waals surface area contributed by atoms with Gasteiger partial charge in [-0.1, -0.05) is 12.8 Å². The highest BCUT2D eigenvalue weighted by atomic mass is 127. The topological polar surface area (TPSA) is 20.3 Å². The minimum absolute atomic E-state index is 0.0183. The fraction of sp³-hybridized carbons (Fsp3) is 0.308. The lowest BCUT2D eigenvalue weighted by Crippen LogP contribution is -2.32. The first-order valence-corrected chi connectivity index (χ1v) is 7.15. The third-order valence-electron chi connectivity index (χ3n) is 2.22. The van der Waals surface area contributed by atoms with E-state index in [9.17, 15) is 4.79 Å². The summed E-state index contributed by atoms with van der Waals surface area (Å²) in [5.41, 5.74) is 0.667. The molecule has 0 aromatic heterocycles. The highest BCUT2D eigenvalue weighted by molar-refractivity contribution is 14.1. The van der Waals surface area contributed by atoms with Crippen LogP contribution in [0.4, 0.5) is 0 Å². The molecule has 0 unspecified atom stereocenters. The van der Waals surface area contributed by atoms with Crippen LogP contribution in [0, 0.1) is 15.9 Å². The molecule has 0 aliphatic heterocycles. The quantitative estimate of drug-likeness (QED) is 0.554. The summed E-state index contributed by atoms with van der Waals surface area (Å²) in [7, 11) is 0. The molecule has 2 nitrogen and oxygen atoms in total. The van der Waals surface area contributed by atoms with Gasteiger partial charge in [-0.15, -0.1) is 6.42 Å². The standard InChI is InChI=1S/C13H13BrINO/c1-3-7-16(8-4-2)13(17)11-9-10(15)5-6-12(11)14/h1,5-6,9H,4,7-8H2,2H3. The fourth-order valence-electron chi connectivity index (χ4n) is 1.46. The first kappa shape index (κ1) is 14.5. The van der Waals surface area contributed by atoms with Crippen LogP contribution in [-0.4, -0.2) is 23.9 Å². The summed E-state index contributed by atoms with van der Waals surface area (Å²) in [6.45, 7) is 3.06. The Hall–Kier alpha value is -0.540. The van der Waals surface area contributed by atoms with Gasteiger partial charge in [-0.25, -0.2) is 0 Å². The molecule has 0 heterocycles. The van der Waals surface area contributed by atoms with Crippen LogP contribution in [-0.2, 0) is 0 Å². The van der Waals surface area contributed by atoms with Crippen LogP contribution in [0.15, 0.2) is 22.7 Å². The Bertz CT molecular complexity index is 453. The number of benzene rings is 1.